The van der Waals surface area contributed by atoms with Gasteiger partial charge in [-0.15, -0.1) is 0 Å². The Hall–Kier alpha value is -17.9. The summed E-state index contributed by atoms with van der Waals surface area (Å²) in [4.78, 5) is 5.56. The molecule has 0 saturated heterocycles. The Balaban J connectivity index is 0.858. The van der Waals surface area contributed by atoms with Crippen LogP contribution in [0.1, 0.15) is 26.3 Å². The molecule has 2 aliphatic rings. The molecule has 0 atom stereocenters. The van der Waals surface area contributed by atoms with E-state index in [1.165, 1.54) is 0 Å². The lowest BCUT2D eigenvalue weighted by atomic mass is 9.33. The molecule has 8 heterocycles. The number of para-hydroxylation sites is 12. The second kappa shape index (κ2) is 30.3. The number of furan rings is 2. The Kier molecular flexibility index (Phi) is 17.1. The summed E-state index contributed by atoms with van der Waals surface area (Å²) in [5.74, 6) is 0. The van der Waals surface area contributed by atoms with Crippen LogP contribution in [-0.4, -0.2) is 25.0 Å². The third-order valence-corrected chi connectivity index (χ3v) is 29.9. The van der Waals surface area contributed by atoms with Gasteiger partial charge in [0.1, 0.15) is 22.3 Å². The molecule has 0 unspecified atom stereocenters. The van der Waals surface area contributed by atoms with Gasteiger partial charge in [-0.3, -0.25) is 0 Å². The van der Waals surface area contributed by atoms with Crippen LogP contribution in [0.25, 0.3) is 221 Å². The predicted octanol–water partition coefficient (Wildman–Crippen LogP) is 33.3. The maximum Gasteiger partial charge on any atom is 0.252 e. The highest BCUT2D eigenvalue weighted by molar-refractivity contribution is 7.00. The van der Waals surface area contributed by atoms with Crippen molar-refractivity contribution in [1.29, 1.82) is 0 Å². The molecule has 21 aromatic carbocycles. The normalized spacial score (nSPS) is 12.7. The van der Waals surface area contributed by atoms with E-state index in [4.69, 9.17) is 8.83 Å². The van der Waals surface area contributed by atoms with Crippen LogP contribution in [0.15, 0.2) is 470 Å². The SMILES string of the molecule is CC(C)(C)c1cc2c3c(c1)N(c1c(-c4ccccc4)c(-n4c5ccccc5c5ccccc54)cc(-n4c5ccccc5c5ccccc54)c1-c1ccccc1)c1ccc(-c4cccc5c4oc4ccccc45)cc1B3c1cc(-c3cccc4c3oc3ccccc34)ccc1N2c1c(-c2ccccc2)c(-n2c3ccccc3c3ccccc32)cc(-n2c3ccccc3c3ccccc32)c1-c1ccccc1. The summed E-state index contributed by atoms with van der Waals surface area (Å²) in [5.41, 5.74) is 38.7. The van der Waals surface area contributed by atoms with E-state index in [2.05, 4.69) is 510 Å². The van der Waals surface area contributed by atoms with Crippen LogP contribution in [0.2, 0.25) is 0 Å². The van der Waals surface area contributed by atoms with Gasteiger partial charge in [-0.2, -0.15) is 0 Å². The number of hydrogen-bond acceptors (Lipinski definition) is 4. The van der Waals surface area contributed by atoms with Gasteiger partial charge >= 0.3 is 0 Å². The summed E-state index contributed by atoms with van der Waals surface area (Å²) in [6, 6.07) is 173. The molecular formula is C130H85BN6O2. The molecule has 8 nitrogen and oxygen atoms in total. The minimum absolute atomic E-state index is 0.517. The molecule has 0 bridgehead atoms. The number of fused-ring (bicyclic) bond motifs is 22. The Morgan fingerprint density at radius 1 is 0.201 bits per heavy atom. The summed E-state index contributed by atoms with van der Waals surface area (Å²) in [6.07, 6.45) is 0. The standard InChI is InChI=1S/C130H85BN6O2/c1-130(2,3)86-76-117-125-118(77-86)137(127-123(82-42-12-6-13-43-82)115(134-107-64-30-20-50-93(107)94-51-21-31-65-108(94)134)79-116(124(127)83-44-14-7-15-45-83)135-109-66-32-22-52-95(109)96-53-23-33-67-110(96)135)112-73-71-85(88-57-37-59-100-98-55-25-35-69-120(98)139-129(88)100)75-102(112)131(125)101-74-84(87-56-36-58-99-97-54-24-34-68-119(97)138-128(87)99)70-72-111(101)136(117)126-121(80-38-8-4-9-39-80)113(132-103-60-26-16-46-89(103)90-47-17-27-61-104(90)132)78-114(122(126)81-40-10-5-11-41-81)133-105-62-28-18-48-91(105)92-49-19-29-63-106(92)133/h4-79H,1-3H3. The molecule has 0 N–H and O–H groups in total. The highest BCUT2D eigenvalue weighted by Gasteiger charge is 2.48. The largest absolute Gasteiger partial charge is 0.455 e. The van der Waals surface area contributed by atoms with Gasteiger partial charge in [-0.1, -0.05) is 385 Å². The minimum Gasteiger partial charge on any atom is -0.455 e. The topological polar surface area (TPSA) is 52.5 Å². The fourth-order valence-electron chi connectivity index (χ4n) is 23.9. The third kappa shape index (κ3) is 11.6. The van der Waals surface area contributed by atoms with E-state index in [0.29, 0.717) is 0 Å². The number of nitrogens with zero attached hydrogens (tertiary/aromatic N) is 6. The molecule has 0 aliphatic carbocycles. The summed E-state index contributed by atoms with van der Waals surface area (Å²) in [7, 11) is 0. The van der Waals surface area contributed by atoms with Crippen LogP contribution in [0.5, 0.6) is 0 Å². The van der Waals surface area contributed by atoms with Gasteiger partial charge in [0.15, 0.2) is 0 Å². The Labute approximate surface area is 801 Å². The number of rotatable bonds is 12. The van der Waals surface area contributed by atoms with Crippen molar-refractivity contribution in [3.05, 3.63) is 467 Å². The molecular weight excluding hydrogens is 1690 g/mol. The fourth-order valence-corrected chi connectivity index (χ4v) is 23.9. The van der Waals surface area contributed by atoms with E-state index in [9.17, 15) is 0 Å². The first-order valence-corrected chi connectivity index (χ1v) is 48.1. The quantitative estimate of drug-likeness (QED) is 0.114. The van der Waals surface area contributed by atoms with E-state index in [-0.39, 0.29) is 0 Å². The van der Waals surface area contributed by atoms with Crippen LogP contribution >= 0.6 is 0 Å². The lowest BCUT2D eigenvalue weighted by molar-refractivity contribution is 0.590. The van der Waals surface area contributed by atoms with Crippen molar-refractivity contribution in [2.24, 2.45) is 0 Å². The monoisotopic (exact) mass is 1770 g/mol. The van der Waals surface area contributed by atoms with E-state index in [1.807, 2.05) is 0 Å². The number of hydrogen-bond donors (Lipinski definition) is 0. The van der Waals surface area contributed by atoms with Crippen molar-refractivity contribution >= 4 is 188 Å². The van der Waals surface area contributed by atoms with Crippen molar-refractivity contribution in [1.82, 2.24) is 18.3 Å². The van der Waals surface area contributed by atoms with Crippen LogP contribution in [0.4, 0.5) is 34.1 Å². The fraction of sp³-hybridized carbons (Fsp3) is 0.0308. The molecule has 0 fully saturated rings. The van der Waals surface area contributed by atoms with Crippen molar-refractivity contribution in [2.45, 2.75) is 26.2 Å². The van der Waals surface area contributed by atoms with Crippen molar-refractivity contribution in [3.63, 3.8) is 0 Å². The molecule has 0 amide bonds. The minimum atomic E-state index is -0.518. The van der Waals surface area contributed by atoms with Gasteiger partial charge < -0.3 is 36.9 Å². The predicted molar refractivity (Wildman–Crippen MR) is 584 cm³/mol. The van der Waals surface area contributed by atoms with Crippen molar-refractivity contribution in [2.75, 3.05) is 9.80 Å². The number of aromatic nitrogens is 4. The zero-order valence-electron chi connectivity index (χ0n) is 76.5. The molecule has 2 aliphatic heterocycles. The van der Waals surface area contributed by atoms with Gasteiger partial charge in [0, 0.05) is 121 Å². The van der Waals surface area contributed by atoms with Gasteiger partial charge in [0.2, 0.25) is 0 Å². The lowest BCUT2D eigenvalue weighted by Crippen LogP contribution is -2.61. The van der Waals surface area contributed by atoms with E-state index >= 15 is 0 Å². The molecule has 9 heteroatoms. The highest BCUT2D eigenvalue weighted by Crippen LogP contribution is 2.60. The molecule has 0 saturated carbocycles. The lowest BCUT2D eigenvalue weighted by Gasteiger charge is -2.47. The molecule has 0 radical (unpaired) electrons. The number of benzene rings is 21. The second-order valence-electron chi connectivity index (χ2n) is 38.4. The van der Waals surface area contributed by atoms with E-state index < -0.39 is 12.1 Å². The van der Waals surface area contributed by atoms with Crippen LogP contribution in [0.3, 0.4) is 0 Å². The third-order valence-electron chi connectivity index (χ3n) is 29.9. The Morgan fingerprint density at radius 2 is 0.453 bits per heavy atom. The van der Waals surface area contributed by atoms with Gasteiger partial charge in [0.05, 0.1) is 78.3 Å². The molecule has 0 spiro atoms. The molecule has 27 aromatic rings. The first kappa shape index (κ1) is 78.6. The van der Waals surface area contributed by atoms with E-state index in [0.717, 1.165) is 277 Å². The zero-order valence-corrected chi connectivity index (χ0v) is 76.5. The maximum absolute atomic E-state index is 7.28. The van der Waals surface area contributed by atoms with Crippen molar-refractivity contribution in [3.8, 4) is 89.5 Å². The smallest absolute Gasteiger partial charge is 0.252 e. The average Bonchev–Trinajstić information content (AvgIpc) is 1.21. The van der Waals surface area contributed by atoms with Gasteiger partial charge in [0.25, 0.3) is 6.71 Å². The Bertz CT molecular complexity index is 8740. The van der Waals surface area contributed by atoms with Crippen LogP contribution < -0.4 is 26.2 Å². The molecule has 650 valence electrons. The van der Waals surface area contributed by atoms with Gasteiger partial charge in [-0.05, 0) is 158 Å². The molecule has 6 aromatic heterocycles. The summed E-state index contributed by atoms with van der Waals surface area (Å²) >= 11 is 0. The van der Waals surface area contributed by atoms with E-state index in [1.54, 1.807) is 0 Å². The zero-order chi connectivity index (χ0) is 91.6. The van der Waals surface area contributed by atoms with Gasteiger partial charge in [-0.25, -0.2) is 0 Å². The maximum atomic E-state index is 7.28. The van der Waals surface area contributed by atoms with Crippen molar-refractivity contribution < 1.29 is 8.83 Å². The summed E-state index contributed by atoms with van der Waals surface area (Å²) in [6.45, 7) is 6.73. The Morgan fingerprint density at radius 3 is 0.734 bits per heavy atom. The summed E-state index contributed by atoms with van der Waals surface area (Å²) < 4.78 is 24.9. The molecule has 139 heavy (non-hydrogen) atoms. The second-order valence-corrected chi connectivity index (χ2v) is 38.4. The highest BCUT2D eigenvalue weighted by atomic mass is 16.3. The first-order chi connectivity index (χ1) is 68.7. The number of anilines is 6. The van der Waals surface area contributed by atoms with Crippen LogP contribution in [-0.2, 0) is 5.41 Å². The summed E-state index contributed by atoms with van der Waals surface area (Å²) in [5, 5.41) is 13.6. The first-order valence-electron chi connectivity index (χ1n) is 48.1. The average molecular weight is 1770 g/mol. The molecule has 29 rings (SSSR count). The van der Waals surface area contributed by atoms with Crippen LogP contribution in [0, 0.1) is 0 Å².